The van der Waals surface area contributed by atoms with Gasteiger partial charge in [-0.2, -0.15) is 11.8 Å². The van der Waals surface area contributed by atoms with Crippen molar-refractivity contribution < 1.29 is 0 Å². The monoisotopic (exact) mass is 271 g/mol. The Morgan fingerprint density at radius 2 is 2.38 bits per heavy atom. The van der Waals surface area contributed by atoms with Crippen LogP contribution in [0.1, 0.15) is 18.4 Å². The summed E-state index contributed by atoms with van der Waals surface area (Å²) in [7, 11) is 0. The smallest absolute Gasteiger partial charge is 0.180 e. The number of anilines is 1. The van der Waals surface area contributed by atoms with Crippen molar-refractivity contribution in [2.75, 3.05) is 11.5 Å². The van der Waals surface area contributed by atoms with Gasteiger partial charge in [-0.3, -0.25) is 0 Å². The molecule has 0 fully saturated rings. The molecule has 2 heterocycles. The Morgan fingerprint density at radius 1 is 1.50 bits per heavy atom. The lowest BCUT2D eigenvalue weighted by atomic mass is 10.4. The van der Waals surface area contributed by atoms with Crippen molar-refractivity contribution in [2.45, 2.75) is 19.1 Å². The minimum Gasteiger partial charge on any atom is -0.375 e. The number of nitrogens with two attached hydrogens (primary N) is 1. The van der Waals surface area contributed by atoms with Crippen LogP contribution in [0.5, 0.6) is 0 Å². The summed E-state index contributed by atoms with van der Waals surface area (Å²) in [4.78, 5) is 9.76. The van der Waals surface area contributed by atoms with E-state index in [-0.39, 0.29) is 0 Å². The molecule has 0 radical (unpaired) electrons. The lowest BCUT2D eigenvalue weighted by molar-refractivity contribution is 1.10. The number of hydrogen-bond donors (Lipinski definition) is 1. The van der Waals surface area contributed by atoms with Gasteiger partial charge in [0.05, 0.1) is 10.6 Å². The minimum absolute atomic E-state index is 0.616. The Bertz CT molecular complexity index is 450. The minimum atomic E-state index is 0.616. The molecule has 0 saturated heterocycles. The van der Waals surface area contributed by atoms with Crippen molar-refractivity contribution in [1.29, 1.82) is 0 Å². The molecule has 0 aliphatic heterocycles. The molecular weight excluding hydrogens is 258 g/mol. The summed E-state index contributed by atoms with van der Waals surface area (Å²) in [5, 5.41) is 3.76. The first-order chi connectivity index (χ1) is 7.79. The molecule has 2 rings (SSSR count). The first kappa shape index (κ1) is 11.9. The number of nitrogens with zero attached hydrogens (tertiary/aromatic N) is 2. The third-order valence-electron chi connectivity index (χ3n) is 1.90. The topological polar surface area (TPSA) is 51.8 Å². The summed E-state index contributed by atoms with van der Waals surface area (Å²) in [6.45, 7) is 2.19. The molecule has 0 spiro atoms. The molecule has 0 saturated carbocycles. The van der Waals surface area contributed by atoms with Crippen molar-refractivity contribution in [3.05, 3.63) is 16.6 Å². The van der Waals surface area contributed by atoms with Gasteiger partial charge < -0.3 is 5.73 Å². The largest absolute Gasteiger partial charge is 0.375 e. The first-order valence-corrected chi connectivity index (χ1v) is 7.88. The molecule has 0 aliphatic rings. The summed E-state index contributed by atoms with van der Waals surface area (Å²) in [6, 6.07) is 0. The van der Waals surface area contributed by atoms with Crippen LogP contribution < -0.4 is 5.73 Å². The Hall–Kier alpha value is -0.590. The van der Waals surface area contributed by atoms with E-state index in [2.05, 4.69) is 16.9 Å². The van der Waals surface area contributed by atoms with E-state index < -0.39 is 0 Å². The Morgan fingerprint density at radius 3 is 3.06 bits per heavy atom. The third kappa shape index (κ3) is 2.96. The number of thiazole rings is 2. The molecule has 0 aromatic carbocycles. The average molecular weight is 271 g/mol. The van der Waals surface area contributed by atoms with Crippen LogP contribution >= 0.6 is 34.4 Å². The zero-order valence-corrected chi connectivity index (χ0v) is 11.4. The molecule has 2 aromatic heterocycles. The van der Waals surface area contributed by atoms with E-state index in [0.717, 1.165) is 16.3 Å². The molecule has 0 aliphatic carbocycles. The lowest BCUT2D eigenvalue weighted by Crippen LogP contribution is -1.80. The maximum Gasteiger partial charge on any atom is 0.180 e. The van der Waals surface area contributed by atoms with Crippen LogP contribution in [0, 0.1) is 0 Å². The van der Waals surface area contributed by atoms with E-state index in [0.29, 0.717) is 5.13 Å². The number of aromatic nitrogens is 2. The maximum absolute atomic E-state index is 5.61. The molecule has 6 heteroatoms. The molecule has 0 amide bonds. The zero-order valence-electron chi connectivity index (χ0n) is 8.97. The standard InChI is InChI=1S/C10H13N3S3/c1-2-3-14-6-9-12-4-8(16-9)7-5-15-10(11)13-7/h4-5H,2-3,6H2,1H3,(H2,11,13). The van der Waals surface area contributed by atoms with Gasteiger partial charge >= 0.3 is 0 Å². The molecule has 2 N–H and O–H groups in total. The van der Waals surface area contributed by atoms with Crippen LogP contribution in [0.3, 0.4) is 0 Å². The predicted octanol–water partition coefficient (Wildman–Crippen LogP) is 3.49. The highest BCUT2D eigenvalue weighted by atomic mass is 32.2. The Balaban J connectivity index is 2.02. The molecular formula is C10H13N3S3. The average Bonchev–Trinajstić information content (AvgIpc) is 2.87. The van der Waals surface area contributed by atoms with Gasteiger partial charge in [0.1, 0.15) is 5.01 Å². The fourth-order valence-corrected chi connectivity index (χ4v) is 3.68. The molecule has 0 atom stereocenters. The van der Waals surface area contributed by atoms with Crippen molar-refractivity contribution in [3.63, 3.8) is 0 Å². The zero-order chi connectivity index (χ0) is 11.4. The molecule has 2 aromatic rings. The highest BCUT2D eigenvalue weighted by Crippen LogP contribution is 2.29. The fourth-order valence-electron chi connectivity index (χ4n) is 1.20. The van der Waals surface area contributed by atoms with Crippen molar-refractivity contribution in [3.8, 4) is 10.6 Å². The van der Waals surface area contributed by atoms with E-state index in [1.165, 1.54) is 28.5 Å². The molecule has 86 valence electrons. The number of nitrogen functional groups attached to an aromatic ring is 1. The van der Waals surface area contributed by atoms with Gasteiger partial charge in [-0.15, -0.1) is 22.7 Å². The summed E-state index contributed by atoms with van der Waals surface area (Å²) in [5.74, 6) is 2.19. The van der Waals surface area contributed by atoms with Crippen LogP contribution in [-0.4, -0.2) is 15.7 Å². The van der Waals surface area contributed by atoms with Gasteiger partial charge in [0, 0.05) is 17.3 Å². The number of thioether (sulfide) groups is 1. The van der Waals surface area contributed by atoms with Crippen molar-refractivity contribution in [2.24, 2.45) is 0 Å². The van der Waals surface area contributed by atoms with Crippen LogP contribution in [0.15, 0.2) is 11.6 Å². The van der Waals surface area contributed by atoms with E-state index in [1.54, 1.807) is 11.3 Å². The van der Waals surface area contributed by atoms with Gasteiger partial charge in [-0.25, -0.2) is 9.97 Å². The Kier molecular flexibility index (Phi) is 4.20. The maximum atomic E-state index is 5.61. The quantitative estimate of drug-likeness (QED) is 0.846. The van der Waals surface area contributed by atoms with Gasteiger partial charge in [0.25, 0.3) is 0 Å². The number of rotatable bonds is 5. The van der Waals surface area contributed by atoms with Gasteiger partial charge in [0.2, 0.25) is 0 Å². The highest BCUT2D eigenvalue weighted by Gasteiger charge is 2.07. The highest BCUT2D eigenvalue weighted by molar-refractivity contribution is 7.98. The second-order valence-corrected chi connectivity index (χ2v) is 6.35. The summed E-state index contributed by atoms with van der Waals surface area (Å²) >= 11 is 5.10. The lowest BCUT2D eigenvalue weighted by Gasteiger charge is -1.93. The summed E-state index contributed by atoms with van der Waals surface area (Å²) in [5.41, 5.74) is 6.56. The molecule has 3 nitrogen and oxygen atoms in total. The van der Waals surface area contributed by atoms with E-state index >= 15 is 0 Å². The van der Waals surface area contributed by atoms with E-state index in [4.69, 9.17) is 5.73 Å². The Labute approximate surface area is 107 Å². The molecule has 0 unspecified atom stereocenters. The summed E-state index contributed by atoms with van der Waals surface area (Å²) in [6.07, 6.45) is 3.10. The van der Waals surface area contributed by atoms with Gasteiger partial charge in [0.15, 0.2) is 5.13 Å². The second kappa shape index (κ2) is 5.65. The SMILES string of the molecule is CCCSCc1ncc(-c2csc(N)n2)s1. The van der Waals surface area contributed by atoms with Crippen molar-refractivity contribution in [1.82, 2.24) is 9.97 Å². The molecule has 0 bridgehead atoms. The van der Waals surface area contributed by atoms with E-state index in [9.17, 15) is 0 Å². The normalized spacial score (nSPS) is 10.8. The van der Waals surface area contributed by atoms with Gasteiger partial charge in [-0.1, -0.05) is 6.92 Å². The van der Waals surface area contributed by atoms with Crippen LogP contribution in [0.25, 0.3) is 10.6 Å². The second-order valence-electron chi connectivity index (χ2n) is 3.24. The summed E-state index contributed by atoms with van der Waals surface area (Å²) < 4.78 is 0. The fraction of sp³-hybridized carbons (Fsp3) is 0.400. The van der Waals surface area contributed by atoms with Crippen LogP contribution in [-0.2, 0) is 5.75 Å². The predicted molar refractivity (Wildman–Crippen MR) is 74.1 cm³/mol. The third-order valence-corrected chi connectivity index (χ3v) is 4.95. The van der Waals surface area contributed by atoms with E-state index in [1.807, 2.05) is 23.3 Å². The van der Waals surface area contributed by atoms with Crippen molar-refractivity contribution >= 4 is 39.6 Å². The van der Waals surface area contributed by atoms with Crippen LogP contribution in [0.4, 0.5) is 5.13 Å². The van der Waals surface area contributed by atoms with Crippen LogP contribution in [0.2, 0.25) is 0 Å². The first-order valence-electron chi connectivity index (χ1n) is 5.03. The molecule has 16 heavy (non-hydrogen) atoms. The van der Waals surface area contributed by atoms with Gasteiger partial charge in [-0.05, 0) is 12.2 Å². The number of hydrogen-bond acceptors (Lipinski definition) is 6.